The molecule has 0 spiro atoms. The quantitative estimate of drug-likeness (QED) is 0.521. The summed E-state index contributed by atoms with van der Waals surface area (Å²) in [4.78, 5) is 30.3. The van der Waals surface area contributed by atoms with Crippen molar-refractivity contribution in [2.45, 2.75) is 52.1 Å². The Morgan fingerprint density at radius 3 is 2.59 bits per heavy atom. The van der Waals surface area contributed by atoms with Crippen molar-refractivity contribution in [3.05, 3.63) is 35.4 Å². The first-order valence-corrected chi connectivity index (χ1v) is 10.7. The van der Waals surface area contributed by atoms with Crippen LogP contribution in [0.4, 0.5) is 0 Å². The summed E-state index contributed by atoms with van der Waals surface area (Å²) in [5, 5.41) is 9.63. The molecule has 7 nitrogen and oxygen atoms in total. The van der Waals surface area contributed by atoms with Crippen LogP contribution in [-0.4, -0.2) is 54.9 Å². The minimum Gasteiger partial charge on any atom is -0.357 e. The van der Waals surface area contributed by atoms with Gasteiger partial charge in [-0.1, -0.05) is 19.1 Å². The van der Waals surface area contributed by atoms with Gasteiger partial charge < -0.3 is 20.9 Å². The number of piperazine rings is 1. The van der Waals surface area contributed by atoms with Crippen molar-refractivity contribution in [1.82, 2.24) is 20.9 Å². The zero-order chi connectivity index (χ0) is 20.6. The standard InChI is InChI=1S/C22H33N5O2/c1-3-23-22(26-19-10-4-16(2)5-11-19)25-14-17-6-8-18(9-7-17)21(29)27-13-12-24-20(28)15-27/h6-9,16,19H,3-5,10-15H2,1-2H3,(H,24,28)(H2,23,25,26). The molecule has 0 radical (unpaired) electrons. The fourth-order valence-electron chi connectivity index (χ4n) is 3.84. The van der Waals surface area contributed by atoms with E-state index in [0.717, 1.165) is 24.0 Å². The molecule has 1 aromatic carbocycles. The van der Waals surface area contributed by atoms with Gasteiger partial charge in [-0.25, -0.2) is 4.99 Å². The largest absolute Gasteiger partial charge is 0.357 e. The first-order valence-electron chi connectivity index (χ1n) is 10.7. The number of hydrogen-bond donors (Lipinski definition) is 3. The molecule has 0 atom stereocenters. The second-order valence-corrected chi connectivity index (χ2v) is 8.07. The van der Waals surface area contributed by atoms with Crippen LogP contribution in [-0.2, 0) is 11.3 Å². The molecule has 158 valence electrons. The monoisotopic (exact) mass is 399 g/mol. The van der Waals surface area contributed by atoms with Crippen molar-refractivity contribution in [2.24, 2.45) is 10.9 Å². The molecule has 29 heavy (non-hydrogen) atoms. The SMILES string of the molecule is CCNC(=NCc1ccc(C(=O)N2CCNC(=O)C2)cc1)NC1CCC(C)CC1. The maximum absolute atomic E-state index is 12.6. The van der Waals surface area contributed by atoms with E-state index in [0.29, 0.717) is 31.2 Å². The molecule has 3 rings (SSSR count). The van der Waals surface area contributed by atoms with Crippen molar-refractivity contribution in [3.8, 4) is 0 Å². The van der Waals surface area contributed by atoms with Gasteiger partial charge in [0.1, 0.15) is 0 Å². The Labute approximate surface area is 173 Å². The summed E-state index contributed by atoms with van der Waals surface area (Å²) in [5.41, 5.74) is 1.65. The molecule has 1 heterocycles. The molecule has 1 saturated carbocycles. The summed E-state index contributed by atoms with van der Waals surface area (Å²) in [6.07, 6.45) is 4.92. The van der Waals surface area contributed by atoms with E-state index < -0.39 is 0 Å². The molecule has 1 aromatic rings. The Morgan fingerprint density at radius 2 is 1.93 bits per heavy atom. The zero-order valence-electron chi connectivity index (χ0n) is 17.5. The number of guanidine groups is 1. The second-order valence-electron chi connectivity index (χ2n) is 8.07. The van der Waals surface area contributed by atoms with Crippen molar-refractivity contribution in [3.63, 3.8) is 0 Å². The van der Waals surface area contributed by atoms with Crippen LogP contribution in [0.15, 0.2) is 29.3 Å². The van der Waals surface area contributed by atoms with E-state index >= 15 is 0 Å². The van der Waals surface area contributed by atoms with E-state index in [9.17, 15) is 9.59 Å². The van der Waals surface area contributed by atoms with Gasteiger partial charge in [0.05, 0.1) is 13.1 Å². The third-order valence-electron chi connectivity index (χ3n) is 5.65. The van der Waals surface area contributed by atoms with Crippen LogP contribution >= 0.6 is 0 Å². The summed E-state index contributed by atoms with van der Waals surface area (Å²) in [6, 6.07) is 8.01. The van der Waals surface area contributed by atoms with Gasteiger partial charge in [-0.3, -0.25) is 9.59 Å². The molecule has 1 aliphatic heterocycles. The molecule has 1 saturated heterocycles. The highest BCUT2D eigenvalue weighted by Crippen LogP contribution is 2.23. The van der Waals surface area contributed by atoms with Gasteiger partial charge in [-0.15, -0.1) is 0 Å². The minimum absolute atomic E-state index is 0.101. The van der Waals surface area contributed by atoms with Crippen LogP contribution < -0.4 is 16.0 Å². The van der Waals surface area contributed by atoms with Gasteiger partial charge in [-0.2, -0.15) is 0 Å². The predicted molar refractivity (Wildman–Crippen MR) is 115 cm³/mol. The lowest BCUT2D eigenvalue weighted by Crippen LogP contribution is -2.49. The highest BCUT2D eigenvalue weighted by Gasteiger charge is 2.22. The van der Waals surface area contributed by atoms with E-state index in [4.69, 9.17) is 4.99 Å². The Bertz CT molecular complexity index is 723. The molecule has 0 unspecified atom stereocenters. The lowest BCUT2D eigenvalue weighted by atomic mass is 9.87. The van der Waals surface area contributed by atoms with Gasteiger partial charge in [0, 0.05) is 31.2 Å². The van der Waals surface area contributed by atoms with Crippen LogP contribution in [0.1, 0.15) is 55.5 Å². The number of hydrogen-bond acceptors (Lipinski definition) is 3. The van der Waals surface area contributed by atoms with Crippen molar-refractivity contribution in [2.75, 3.05) is 26.2 Å². The van der Waals surface area contributed by atoms with Crippen LogP contribution in [0, 0.1) is 5.92 Å². The summed E-state index contributed by atoms with van der Waals surface area (Å²) >= 11 is 0. The van der Waals surface area contributed by atoms with Gasteiger partial charge in [-0.05, 0) is 56.2 Å². The maximum Gasteiger partial charge on any atom is 0.254 e. The molecular formula is C22H33N5O2. The summed E-state index contributed by atoms with van der Waals surface area (Å²) in [7, 11) is 0. The summed E-state index contributed by atoms with van der Waals surface area (Å²) in [5.74, 6) is 1.47. The van der Waals surface area contributed by atoms with Crippen LogP contribution in [0.25, 0.3) is 0 Å². The van der Waals surface area contributed by atoms with Gasteiger partial charge in [0.15, 0.2) is 5.96 Å². The number of nitrogens with one attached hydrogen (secondary N) is 3. The third-order valence-corrected chi connectivity index (χ3v) is 5.65. The minimum atomic E-state index is -0.105. The topological polar surface area (TPSA) is 85.8 Å². The molecule has 7 heteroatoms. The van der Waals surface area contributed by atoms with Gasteiger partial charge >= 0.3 is 0 Å². The van der Waals surface area contributed by atoms with Crippen molar-refractivity contribution < 1.29 is 9.59 Å². The van der Waals surface area contributed by atoms with E-state index in [1.54, 1.807) is 4.90 Å². The third kappa shape index (κ3) is 6.21. The molecule has 0 aromatic heterocycles. The van der Waals surface area contributed by atoms with Crippen LogP contribution in [0.5, 0.6) is 0 Å². The number of rotatable bonds is 5. The number of amides is 2. The average molecular weight is 400 g/mol. The highest BCUT2D eigenvalue weighted by molar-refractivity contribution is 5.97. The molecule has 3 N–H and O–H groups in total. The first-order chi connectivity index (χ1) is 14.0. The average Bonchev–Trinajstić information content (AvgIpc) is 2.73. The number of aliphatic imine (C=N–C) groups is 1. The van der Waals surface area contributed by atoms with E-state index in [-0.39, 0.29) is 18.4 Å². The fraction of sp³-hybridized carbons (Fsp3) is 0.591. The first kappa shape index (κ1) is 21.1. The molecule has 0 bridgehead atoms. The summed E-state index contributed by atoms with van der Waals surface area (Å²) < 4.78 is 0. The molecule has 2 aliphatic rings. The van der Waals surface area contributed by atoms with Crippen molar-refractivity contribution in [1.29, 1.82) is 0 Å². The van der Waals surface area contributed by atoms with Gasteiger partial charge in [0.25, 0.3) is 5.91 Å². The Balaban J connectivity index is 1.56. The molecule has 2 fully saturated rings. The maximum atomic E-state index is 12.6. The molecule has 2 amide bonds. The van der Waals surface area contributed by atoms with Crippen molar-refractivity contribution >= 4 is 17.8 Å². The predicted octanol–water partition coefficient (Wildman–Crippen LogP) is 1.89. The molecule has 1 aliphatic carbocycles. The highest BCUT2D eigenvalue weighted by atomic mass is 16.2. The number of carbonyl (C=O) groups excluding carboxylic acids is 2. The lowest BCUT2D eigenvalue weighted by molar-refractivity contribution is -0.123. The number of nitrogens with zero attached hydrogens (tertiary/aromatic N) is 2. The second kappa shape index (κ2) is 10.3. The van der Waals surface area contributed by atoms with E-state index in [1.807, 2.05) is 24.3 Å². The number of carbonyl (C=O) groups is 2. The van der Waals surface area contributed by atoms with Crippen LogP contribution in [0.2, 0.25) is 0 Å². The normalized spacial score (nSPS) is 22.8. The smallest absolute Gasteiger partial charge is 0.254 e. The Kier molecular flexibility index (Phi) is 7.49. The zero-order valence-corrected chi connectivity index (χ0v) is 17.5. The Morgan fingerprint density at radius 1 is 1.21 bits per heavy atom. The lowest BCUT2D eigenvalue weighted by Gasteiger charge is -2.28. The van der Waals surface area contributed by atoms with E-state index in [1.165, 1.54) is 25.7 Å². The van der Waals surface area contributed by atoms with Gasteiger partial charge in [0.2, 0.25) is 5.91 Å². The number of benzene rings is 1. The van der Waals surface area contributed by atoms with Crippen LogP contribution in [0.3, 0.4) is 0 Å². The Hall–Kier alpha value is -2.57. The van der Waals surface area contributed by atoms with E-state index in [2.05, 4.69) is 29.8 Å². The fourth-order valence-corrected chi connectivity index (χ4v) is 3.84. The molecular weight excluding hydrogens is 366 g/mol. The summed E-state index contributed by atoms with van der Waals surface area (Å²) in [6.45, 7) is 6.96.